The Bertz CT molecular complexity index is 383. The Morgan fingerprint density at radius 1 is 1.38 bits per heavy atom. The van der Waals surface area contributed by atoms with Crippen LogP contribution in [0.3, 0.4) is 0 Å². The van der Waals surface area contributed by atoms with Gasteiger partial charge in [-0.05, 0) is 41.9 Å². The molecule has 1 aliphatic heterocycles. The second kappa shape index (κ2) is 2.58. The van der Waals surface area contributed by atoms with E-state index in [1.165, 1.54) is 0 Å². The fourth-order valence-corrected chi connectivity index (χ4v) is 1.96. The minimum absolute atomic E-state index is 0.0370. The van der Waals surface area contributed by atoms with Crippen molar-refractivity contribution in [3.63, 3.8) is 0 Å². The van der Waals surface area contributed by atoms with Crippen molar-refractivity contribution in [2.75, 3.05) is 0 Å². The van der Waals surface area contributed by atoms with Gasteiger partial charge in [0.25, 0.3) is 0 Å². The predicted octanol–water partition coefficient (Wildman–Crippen LogP) is 2.80. The first-order chi connectivity index (χ1) is 6.02. The summed E-state index contributed by atoms with van der Waals surface area (Å²) in [6, 6.07) is 5.52. The van der Waals surface area contributed by atoms with Crippen molar-refractivity contribution in [1.82, 2.24) is 0 Å². The van der Waals surface area contributed by atoms with E-state index < -0.39 is 5.60 Å². The molecule has 3 heteroatoms. The number of carbonyl (C=O) groups excluding carboxylic acids is 1. The molecule has 1 heterocycles. The molecule has 0 spiro atoms. The van der Waals surface area contributed by atoms with Gasteiger partial charge in [-0.15, -0.1) is 0 Å². The van der Waals surface area contributed by atoms with Crippen molar-refractivity contribution < 1.29 is 9.53 Å². The molecule has 0 amide bonds. The van der Waals surface area contributed by atoms with Crippen LogP contribution < -0.4 is 4.74 Å². The van der Waals surface area contributed by atoms with Gasteiger partial charge in [-0.25, -0.2) is 0 Å². The highest BCUT2D eigenvalue weighted by Crippen LogP contribution is 2.38. The van der Waals surface area contributed by atoms with Gasteiger partial charge in [0.15, 0.2) is 5.60 Å². The molecule has 0 atom stereocenters. The fourth-order valence-electron chi connectivity index (χ4n) is 1.43. The van der Waals surface area contributed by atoms with Crippen molar-refractivity contribution >= 4 is 21.7 Å². The standard InChI is InChI=1S/C10H9BrO2/c1-10(2)9(12)8-6(11)4-3-5-7(8)13-10/h3-5H,1-2H3. The average molecular weight is 241 g/mol. The Kier molecular flexibility index (Phi) is 1.74. The molecular weight excluding hydrogens is 232 g/mol. The zero-order valence-electron chi connectivity index (χ0n) is 7.43. The molecule has 0 saturated carbocycles. The summed E-state index contributed by atoms with van der Waals surface area (Å²) in [7, 11) is 0. The van der Waals surface area contributed by atoms with E-state index in [0.29, 0.717) is 11.3 Å². The number of rotatable bonds is 0. The Morgan fingerprint density at radius 3 is 2.69 bits per heavy atom. The van der Waals surface area contributed by atoms with Crippen LogP contribution in [0.25, 0.3) is 0 Å². The minimum Gasteiger partial charge on any atom is -0.479 e. The third-order valence-electron chi connectivity index (χ3n) is 2.11. The van der Waals surface area contributed by atoms with Crippen molar-refractivity contribution in [2.24, 2.45) is 0 Å². The molecule has 13 heavy (non-hydrogen) atoms. The molecule has 0 N–H and O–H groups in total. The highest BCUT2D eigenvalue weighted by molar-refractivity contribution is 9.10. The van der Waals surface area contributed by atoms with E-state index in [0.717, 1.165) is 4.47 Å². The first kappa shape index (κ1) is 8.75. The summed E-state index contributed by atoms with van der Waals surface area (Å²) in [4.78, 5) is 11.8. The zero-order valence-corrected chi connectivity index (χ0v) is 9.01. The quantitative estimate of drug-likeness (QED) is 0.698. The number of Topliss-reactive ketones (excluding diaryl/α,β-unsaturated/α-hetero) is 1. The van der Waals surface area contributed by atoms with Crippen molar-refractivity contribution in [2.45, 2.75) is 19.4 Å². The number of hydrogen-bond donors (Lipinski definition) is 0. The van der Waals surface area contributed by atoms with E-state index in [-0.39, 0.29) is 5.78 Å². The van der Waals surface area contributed by atoms with Gasteiger partial charge in [0.05, 0.1) is 5.56 Å². The number of carbonyl (C=O) groups is 1. The highest BCUT2D eigenvalue weighted by Gasteiger charge is 2.40. The van der Waals surface area contributed by atoms with Crippen LogP contribution in [0.4, 0.5) is 0 Å². The fraction of sp³-hybridized carbons (Fsp3) is 0.300. The number of fused-ring (bicyclic) bond motifs is 1. The molecule has 0 bridgehead atoms. The van der Waals surface area contributed by atoms with Gasteiger partial charge in [0.1, 0.15) is 5.75 Å². The number of ketones is 1. The van der Waals surface area contributed by atoms with Crippen molar-refractivity contribution in [3.05, 3.63) is 28.2 Å². The summed E-state index contributed by atoms with van der Waals surface area (Å²) in [6.07, 6.45) is 0. The molecule has 68 valence electrons. The van der Waals surface area contributed by atoms with Gasteiger partial charge in [-0.2, -0.15) is 0 Å². The summed E-state index contributed by atoms with van der Waals surface area (Å²) in [5.74, 6) is 0.708. The third-order valence-corrected chi connectivity index (χ3v) is 2.78. The largest absolute Gasteiger partial charge is 0.479 e. The highest BCUT2D eigenvalue weighted by atomic mass is 79.9. The monoisotopic (exact) mass is 240 g/mol. The molecule has 0 aliphatic carbocycles. The lowest BCUT2D eigenvalue weighted by Gasteiger charge is -2.14. The van der Waals surface area contributed by atoms with Crippen LogP contribution in [-0.2, 0) is 0 Å². The molecule has 0 fully saturated rings. The predicted molar refractivity (Wildman–Crippen MR) is 53.2 cm³/mol. The number of hydrogen-bond acceptors (Lipinski definition) is 2. The Morgan fingerprint density at radius 2 is 2.08 bits per heavy atom. The number of ether oxygens (including phenoxy) is 1. The van der Waals surface area contributed by atoms with E-state index in [9.17, 15) is 4.79 Å². The normalized spacial score (nSPS) is 18.2. The van der Waals surface area contributed by atoms with Crippen molar-refractivity contribution in [3.8, 4) is 5.75 Å². The SMILES string of the molecule is CC1(C)Oc2cccc(Br)c2C1=O. The summed E-state index contributed by atoms with van der Waals surface area (Å²) >= 11 is 3.34. The average Bonchev–Trinajstić information content (AvgIpc) is 2.24. The van der Waals surface area contributed by atoms with Crippen LogP contribution in [-0.4, -0.2) is 11.4 Å². The molecule has 0 aromatic heterocycles. The number of benzene rings is 1. The summed E-state index contributed by atoms with van der Waals surface area (Å²) in [5.41, 5.74) is -0.0563. The topological polar surface area (TPSA) is 26.3 Å². The summed E-state index contributed by atoms with van der Waals surface area (Å²) in [6.45, 7) is 3.56. The summed E-state index contributed by atoms with van der Waals surface area (Å²) in [5, 5.41) is 0. The lowest BCUT2D eigenvalue weighted by atomic mass is 10.0. The van der Waals surface area contributed by atoms with Gasteiger partial charge in [-0.3, -0.25) is 4.79 Å². The molecular formula is C10H9BrO2. The zero-order chi connectivity index (χ0) is 9.64. The van der Waals surface area contributed by atoms with Crippen LogP contribution in [0.5, 0.6) is 5.75 Å². The van der Waals surface area contributed by atoms with Crippen LogP contribution in [0.1, 0.15) is 24.2 Å². The van der Waals surface area contributed by atoms with Gasteiger partial charge >= 0.3 is 0 Å². The maximum atomic E-state index is 11.8. The molecule has 0 saturated heterocycles. The van der Waals surface area contributed by atoms with E-state index in [1.807, 2.05) is 18.2 Å². The third kappa shape index (κ3) is 1.18. The lowest BCUT2D eigenvalue weighted by molar-refractivity contribution is 0.0684. The molecule has 1 aromatic rings. The van der Waals surface area contributed by atoms with Gasteiger partial charge in [-0.1, -0.05) is 6.07 Å². The van der Waals surface area contributed by atoms with Gasteiger partial charge in [0, 0.05) is 4.47 Å². The molecule has 1 aromatic carbocycles. The van der Waals surface area contributed by atoms with E-state index in [1.54, 1.807) is 13.8 Å². The molecule has 1 aliphatic rings. The second-order valence-electron chi connectivity index (χ2n) is 3.55. The smallest absolute Gasteiger partial charge is 0.210 e. The Hall–Kier alpha value is -0.830. The molecule has 0 radical (unpaired) electrons. The first-order valence-electron chi connectivity index (χ1n) is 4.05. The van der Waals surface area contributed by atoms with Gasteiger partial charge in [0.2, 0.25) is 5.78 Å². The van der Waals surface area contributed by atoms with Crippen LogP contribution >= 0.6 is 15.9 Å². The van der Waals surface area contributed by atoms with Crippen LogP contribution in [0, 0.1) is 0 Å². The molecule has 2 nitrogen and oxygen atoms in total. The minimum atomic E-state index is -0.716. The van der Waals surface area contributed by atoms with Crippen LogP contribution in [0.2, 0.25) is 0 Å². The van der Waals surface area contributed by atoms with Crippen molar-refractivity contribution in [1.29, 1.82) is 0 Å². The lowest BCUT2D eigenvalue weighted by Crippen LogP contribution is -2.32. The second-order valence-corrected chi connectivity index (χ2v) is 4.41. The maximum Gasteiger partial charge on any atom is 0.210 e. The summed E-state index contributed by atoms with van der Waals surface area (Å²) < 4.78 is 6.31. The molecule has 2 rings (SSSR count). The molecule has 0 unspecified atom stereocenters. The maximum absolute atomic E-state index is 11.8. The first-order valence-corrected chi connectivity index (χ1v) is 4.84. The Balaban J connectivity index is 2.64. The van der Waals surface area contributed by atoms with Gasteiger partial charge < -0.3 is 4.74 Å². The van der Waals surface area contributed by atoms with E-state index in [4.69, 9.17) is 4.74 Å². The van der Waals surface area contributed by atoms with E-state index >= 15 is 0 Å². The Labute approximate surface area is 85.0 Å². The van der Waals surface area contributed by atoms with E-state index in [2.05, 4.69) is 15.9 Å². The van der Waals surface area contributed by atoms with Crippen LogP contribution in [0.15, 0.2) is 22.7 Å². The number of halogens is 1.